The lowest BCUT2D eigenvalue weighted by atomic mass is 10.2. The van der Waals surface area contributed by atoms with Crippen molar-refractivity contribution in [1.82, 2.24) is 4.98 Å². The number of nitrogens with two attached hydrogens (primary N) is 1. The molecule has 0 amide bonds. The molecule has 6 heteroatoms. The Bertz CT molecular complexity index is 499. The quantitative estimate of drug-likeness (QED) is 0.868. The molecule has 0 aliphatic heterocycles. The van der Waals surface area contributed by atoms with Crippen LogP contribution in [-0.4, -0.2) is 4.98 Å². The highest BCUT2D eigenvalue weighted by Gasteiger charge is 2.03. The smallest absolute Gasteiger partial charge is 0.184 e. The summed E-state index contributed by atoms with van der Waals surface area (Å²) < 4.78 is 25.5. The maximum Gasteiger partial charge on any atom is 0.184 e. The maximum absolute atomic E-state index is 12.9. The van der Waals surface area contributed by atoms with Crippen LogP contribution in [0.1, 0.15) is 5.56 Å². The summed E-state index contributed by atoms with van der Waals surface area (Å²) in [4.78, 5) is 3.99. The van der Waals surface area contributed by atoms with Crippen molar-refractivity contribution in [2.75, 3.05) is 11.1 Å². The topological polar surface area (TPSA) is 50.9 Å². The van der Waals surface area contributed by atoms with Gasteiger partial charge < -0.3 is 11.1 Å². The van der Waals surface area contributed by atoms with Crippen molar-refractivity contribution in [3.63, 3.8) is 0 Å². The lowest BCUT2D eigenvalue weighted by Gasteiger charge is -2.03. The van der Waals surface area contributed by atoms with Crippen LogP contribution in [0, 0.1) is 11.6 Å². The number of nitrogens with one attached hydrogen (secondary N) is 1. The van der Waals surface area contributed by atoms with Crippen LogP contribution in [0.15, 0.2) is 24.4 Å². The van der Waals surface area contributed by atoms with E-state index in [0.29, 0.717) is 22.2 Å². The number of hydrogen-bond donors (Lipinski definition) is 2. The molecular weight excluding hydrogens is 232 g/mol. The summed E-state index contributed by atoms with van der Waals surface area (Å²) in [5, 5.41) is 4.23. The molecule has 0 fully saturated rings. The Kier molecular flexibility index (Phi) is 3.00. The SMILES string of the molecule is Nc1cnc(NCc2ccc(F)c(F)c2)s1. The molecule has 0 atom stereocenters. The fourth-order valence-corrected chi connectivity index (χ4v) is 1.77. The molecule has 0 saturated heterocycles. The molecule has 0 saturated carbocycles. The monoisotopic (exact) mass is 241 g/mol. The van der Waals surface area contributed by atoms with Gasteiger partial charge in [-0.05, 0) is 17.7 Å². The zero-order chi connectivity index (χ0) is 11.5. The predicted molar refractivity (Wildman–Crippen MR) is 60.2 cm³/mol. The van der Waals surface area contributed by atoms with Gasteiger partial charge in [0.15, 0.2) is 16.8 Å². The van der Waals surface area contributed by atoms with Gasteiger partial charge in [-0.25, -0.2) is 13.8 Å². The van der Waals surface area contributed by atoms with E-state index >= 15 is 0 Å². The van der Waals surface area contributed by atoms with Crippen molar-refractivity contribution in [2.24, 2.45) is 0 Å². The summed E-state index contributed by atoms with van der Waals surface area (Å²) in [5.74, 6) is -1.69. The first-order valence-electron chi connectivity index (χ1n) is 4.54. The van der Waals surface area contributed by atoms with Gasteiger partial charge in [-0.1, -0.05) is 17.4 Å². The predicted octanol–water partition coefficient (Wildman–Crippen LogP) is 2.62. The lowest BCUT2D eigenvalue weighted by molar-refractivity contribution is 0.507. The van der Waals surface area contributed by atoms with Crippen LogP contribution in [0.2, 0.25) is 0 Å². The number of nitrogens with zero attached hydrogens (tertiary/aromatic N) is 1. The minimum absolute atomic E-state index is 0.379. The van der Waals surface area contributed by atoms with E-state index in [4.69, 9.17) is 5.73 Å². The van der Waals surface area contributed by atoms with Gasteiger partial charge in [-0.2, -0.15) is 0 Å². The van der Waals surface area contributed by atoms with E-state index in [1.165, 1.54) is 23.6 Å². The maximum atomic E-state index is 12.9. The van der Waals surface area contributed by atoms with E-state index in [2.05, 4.69) is 10.3 Å². The van der Waals surface area contributed by atoms with E-state index < -0.39 is 11.6 Å². The Morgan fingerprint density at radius 2 is 2.12 bits per heavy atom. The number of hydrogen-bond acceptors (Lipinski definition) is 4. The van der Waals surface area contributed by atoms with Crippen molar-refractivity contribution in [3.05, 3.63) is 41.6 Å². The highest BCUT2D eigenvalue weighted by Crippen LogP contribution is 2.20. The molecule has 84 valence electrons. The van der Waals surface area contributed by atoms with E-state index in [1.807, 2.05) is 0 Å². The fraction of sp³-hybridized carbons (Fsp3) is 0.100. The molecule has 3 N–H and O–H groups in total. The number of aromatic nitrogens is 1. The van der Waals surface area contributed by atoms with E-state index in [0.717, 1.165) is 12.1 Å². The second-order valence-corrected chi connectivity index (χ2v) is 4.23. The van der Waals surface area contributed by atoms with E-state index in [9.17, 15) is 8.78 Å². The average molecular weight is 241 g/mol. The van der Waals surface area contributed by atoms with Crippen molar-refractivity contribution < 1.29 is 8.78 Å². The Labute approximate surface area is 94.9 Å². The summed E-state index contributed by atoms with van der Waals surface area (Å²) in [7, 11) is 0. The van der Waals surface area contributed by atoms with Gasteiger partial charge in [0.1, 0.15) is 5.00 Å². The Hall–Kier alpha value is -1.69. The van der Waals surface area contributed by atoms with Gasteiger partial charge in [0.2, 0.25) is 0 Å². The Balaban J connectivity index is 2.02. The first-order chi connectivity index (χ1) is 7.65. The number of halogens is 2. The third-order valence-electron chi connectivity index (χ3n) is 1.95. The van der Waals surface area contributed by atoms with Gasteiger partial charge in [0.25, 0.3) is 0 Å². The molecule has 1 heterocycles. The molecule has 0 bridgehead atoms. The van der Waals surface area contributed by atoms with Gasteiger partial charge in [-0.3, -0.25) is 0 Å². The van der Waals surface area contributed by atoms with Crippen molar-refractivity contribution >= 4 is 21.5 Å². The largest absolute Gasteiger partial charge is 0.389 e. The van der Waals surface area contributed by atoms with Crippen LogP contribution in [0.3, 0.4) is 0 Å². The van der Waals surface area contributed by atoms with Crippen LogP contribution < -0.4 is 11.1 Å². The Morgan fingerprint density at radius 3 is 2.75 bits per heavy atom. The molecule has 0 aliphatic rings. The third-order valence-corrected chi connectivity index (χ3v) is 2.74. The molecule has 3 nitrogen and oxygen atoms in total. The molecule has 1 aromatic heterocycles. The molecule has 0 aliphatic carbocycles. The van der Waals surface area contributed by atoms with Gasteiger partial charge in [0.05, 0.1) is 6.20 Å². The molecule has 16 heavy (non-hydrogen) atoms. The average Bonchev–Trinajstić information content (AvgIpc) is 2.66. The summed E-state index contributed by atoms with van der Waals surface area (Å²) >= 11 is 1.30. The second-order valence-electron chi connectivity index (χ2n) is 3.17. The summed E-state index contributed by atoms with van der Waals surface area (Å²) in [6.07, 6.45) is 1.54. The van der Waals surface area contributed by atoms with Gasteiger partial charge in [-0.15, -0.1) is 0 Å². The number of rotatable bonds is 3. The lowest BCUT2D eigenvalue weighted by Crippen LogP contribution is -1.99. The van der Waals surface area contributed by atoms with E-state index in [1.54, 1.807) is 0 Å². The van der Waals surface area contributed by atoms with Crippen LogP contribution in [-0.2, 0) is 6.54 Å². The summed E-state index contributed by atoms with van der Waals surface area (Å²) in [6, 6.07) is 3.77. The van der Waals surface area contributed by atoms with Gasteiger partial charge >= 0.3 is 0 Å². The summed E-state index contributed by atoms with van der Waals surface area (Å²) in [6.45, 7) is 0.379. The normalized spacial score (nSPS) is 10.4. The van der Waals surface area contributed by atoms with Crippen molar-refractivity contribution in [1.29, 1.82) is 0 Å². The molecule has 0 radical (unpaired) electrons. The zero-order valence-electron chi connectivity index (χ0n) is 8.21. The fourth-order valence-electron chi connectivity index (χ4n) is 1.20. The van der Waals surface area contributed by atoms with Crippen LogP contribution in [0.4, 0.5) is 18.9 Å². The van der Waals surface area contributed by atoms with Crippen LogP contribution in [0.25, 0.3) is 0 Å². The molecular formula is C10H9F2N3S. The first kappa shape index (κ1) is 10.8. The number of anilines is 2. The van der Waals surface area contributed by atoms with Crippen LogP contribution >= 0.6 is 11.3 Å². The Morgan fingerprint density at radius 1 is 1.31 bits per heavy atom. The second kappa shape index (κ2) is 4.44. The minimum atomic E-state index is -0.849. The first-order valence-corrected chi connectivity index (χ1v) is 5.36. The zero-order valence-corrected chi connectivity index (χ0v) is 9.02. The number of thiazole rings is 1. The molecule has 2 aromatic rings. The number of benzene rings is 1. The standard InChI is InChI=1S/C10H9F2N3S/c11-7-2-1-6(3-8(7)12)4-14-10-15-5-9(13)16-10/h1-3,5H,4,13H2,(H,14,15). The van der Waals surface area contributed by atoms with Crippen molar-refractivity contribution in [2.45, 2.75) is 6.54 Å². The molecule has 0 spiro atoms. The molecule has 2 rings (SSSR count). The third kappa shape index (κ3) is 2.46. The summed E-state index contributed by atoms with van der Waals surface area (Å²) in [5.41, 5.74) is 6.14. The van der Waals surface area contributed by atoms with Crippen molar-refractivity contribution in [3.8, 4) is 0 Å². The van der Waals surface area contributed by atoms with E-state index in [-0.39, 0.29) is 0 Å². The van der Waals surface area contributed by atoms with Gasteiger partial charge in [0, 0.05) is 6.54 Å². The highest BCUT2D eigenvalue weighted by molar-refractivity contribution is 7.19. The molecule has 0 unspecified atom stereocenters. The van der Waals surface area contributed by atoms with Crippen LogP contribution in [0.5, 0.6) is 0 Å². The minimum Gasteiger partial charge on any atom is -0.389 e. The number of nitrogen functional groups attached to an aromatic ring is 1. The highest BCUT2D eigenvalue weighted by atomic mass is 32.1. The molecule has 1 aromatic carbocycles.